The number of ether oxygens (including phenoxy) is 1. The number of cyclic esters (lactones) is 1. The number of hydrogen-bond donors (Lipinski definition) is 1. The van der Waals surface area contributed by atoms with Crippen LogP contribution in [0.3, 0.4) is 0 Å². The molecule has 0 saturated carbocycles. The fraction of sp³-hybridized carbons (Fsp3) is 0.294. The van der Waals surface area contributed by atoms with Crippen molar-refractivity contribution in [2.75, 3.05) is 6.61 Å². The van der Waals surface area contributed by atoms with Crippen LogP contribution in [-0.4, -0.2) is 35.6 Å². The summed E-state index contributed by atoms with van der Waals surface area (Å²) in [6, 6.07) is 13.1. The summed E-state index contributed by atoms with van der Waals surface area (Å²) in [5.74, 6) is -0.342. The molecule has 2 fully saturated rings. The molecule has 0 unspecified atom stereocenters. The Bertz CT molecular complexity index is 768. The number of rotatable bonds is 2. The molecule has 112 valence electrons. The van der Waals surface area contributed by atoms with Crippen LogP contribution in [0.2, 0.25) is 0 Å². The van der Waals surface area contributed by atoms with Crippen LogP contribution in [0.25, 0.3) is 10.8 Å². The number of amides is 2. The molecule has 5 heteroatoms. The van der Waals surface area contributed by atoms with Gasteiger partial charge in [-0.15, -0.1) is 0 Å². The van der Waals surface area contributed by atoms with Crippen LogP contribution >= 0.6 is 0 Å². The maximum atomic E-state index is 12.3. The molecule has 0 aromatic heterocycles. The lowest BCUT2D eigenvalue weighted by Gasteiger charge is -2.28. The third-order valence-electron chi connectivity index (χ3n) is 4.60. The SMILES string of the molecule is C[C@H](c1cccc2ccccc12)N1C(=O)N[C@@H]2C(=O)OC[C@@H]21. The van der Waals surface area contributed by atoms with Gasteiger partial charge in [0.2, 0.25) is 0 Å². The van der Waals surface area contributed by atoms with Gasteiger partial charge in [-0.05, 0) is 23.3 Å². The topological polar surface area (TPSA) is 58.6 Å². The summed E-state index contributed by atoms with van der Waals surface area (Å²) >= 11 is 0. The van der Waals surface area contributed by atoms with E-state index in [1.807, 2.05) is 31.2 Å². The van der Waals surface area contributed by atoms with Gasteiger partial charge in [0.15, 0.2) is 6.04 Å². The Labute approximate surface area is 127 Å². The highest BCUT2D eigenvalue weighted by Crippen LogP contribution is 2.34. The molecule has 2 aliphatic rings. The van der Waals surface area contributed by atoms with E-state index in [0.29, 0.717) is 0 Å². The van der Waals surface area contributed by atoms with E-state index in [9.17, 15) is 9.59 Å². The summed E-state index contributed by atoms with van der Waals surface area (Å²) in [5.41, 5.74) is 1.08. The zero-order valence-electron chi connectivity index (χ0n) is 12.2. The van der Waals surface area contributed by atoms with Crippen LogP contribution in [0, 0.1) is 0 Å². The second-order valence-electron chi connectivity index (χ2n) is 5.78. The molecule has 0 aliphatic carbocycles. The van der Waals surface area contributed by atoms with Gasteiger partial charge >= 0.3 is 12.0 Å². The van der Waals surface area contributed by atoms with Crippen LogP contribution in [-0.2, 0) is 9.53 Å². The first-order valence-corrected chi connectivity index (χ1v) is 7.40. The average Bonchev–Trinajstić information content (AvgIpc) is 3.05. The number of carbonyl (C=O) groups is 2. The first kappa shape index (κ1) is 13.1. The van der Waals surface area contributed by atoms with Gasteiger partial charge < -0.3 is 15.0 Å². The lowest BCUT2D eigenvalue weighted by atomic mass is 9.98. The number of carbonyl (C=O) groups excluding carboxylic acids is 2. The van der Waals surface area contributed by atoms with E-state index in [0.717, 1.165) is 16.3 Å². The molecule has 0 bridgehead atoms. The van der Waals surface area contributed by atoms with Gasteiger partial charge in [0.1, 0.15) is 6.61 Å². The minimum atomic E-state index is -0.537. The highest BCUT2D eigenvalue weighted by Gasteiger charge is 2.50. The molecule has 5 nitrogen and oxygen atoms in total. The smallest absolute Gasteiger partial charge is 0.331 e. The summed E-state index contributed by atoms with van der Waals surface area (Å²) in [6.45, 7) is 2.25. The minimum absolute atomic E-state index is 0.129. The molecule has 2 aromatic carbocycles. The van der Waals surface area contributed by atoms with Crippen molar-refractivity contribution < 1.29 is 14.3 Å². The van der Waals surface area contributed by atoms with Crippen LogP contribution in [0.5, 0.6) is 0 Å². The quantitative estimate of drug-likeness (QED) is 0.865. The number of urea groups is 1. The molecule has 2 heterocycles. The first-order chi connectivity index (χ1) is 10.7. The van der Waals surface area contributed by atoms with Gasteiger partial charge in [0.05, 0.1) is 12.1 Å². The van der Waals surface area contributed by atoms with Gasteiger partial charge in [-0.1, -0.05) is 42.5 Å². The Morgan fingerprint density at radius 2 is 1.95 bits per heavy atom. The maximum Gasteiger partial charge on any atom is 0.331 e. The molecule has 2 aromatic rings. The van der Waals surface area contributed by atoms with E-state index in [-0.39, 0.29) is 30.7 Å². The molecule has 2 aliphatic heterocycles. The fourth-order valence-corrected chi connectivity index (χ4v) is 3.49. The Balaban J connectivity index is 1.76. The predicted octanol–water partition coefficient (Wildman–Crippen LogP) is 2.22. The Hall–Kier alpha value is -2.56. The van der Waals surface area contributed by atoms with Crippen LogP contribution < -0.4 is 5.32 Å². The Morgan fingerprint density at radius 3 is 2.82 bits per heavy atom. The van der Waals surface area contributed by atoms with Crippen LogP contribution in [0.15, 0.2) is 42.5 Å². The standard InChI is InChI=1S/C17H16N2O3/c1-10(12-8-4-6-11-5-2-3-7-13(11)12)19-14-9-22-16(20)15(14)18-17(19)21/h2-8,10,14-15H,9H2,1H3,(H,18,21)/t10-,14+,15+/m1/s1. The Kier molecular flexibility index (Phi) is 2.82. The van der Waals surface area contributed by atoms with E-state index in [1.165, 1.54) is 0 Å². The molecule has 2 saturated heterocycles. The van der Waals surface area contributed by atoms with E-state index in [4.69, 9.17) is 4.74 Å². The van der Waals surface area contributed by atoms with E-state index < -0.39 is 6.04 Å². The third-order valence-corrected chi connectivity index (χ3v) is 4.60. The summed E-state index contributed by atoms with van der Waals surface area (Å²) in [7, 11) is 0. The van der Waals surface area contributed by atoms with Gasteiger partial charge in [0, 0.05) is 0 Å². The van der Waals surface area contributed by atoms with Crippen molar-refractivity contribution in [3.05, 3.63) is 48.0 Å². The van der Waals surface area contributed by atoms with Gasteiger partial charge in [0.25, 0.3) is 0 Å². The van der Waals surface area contributed by atoms with E-state index in [2.05, 4.69) is 23.5 Å². The first-order valence-electron chi connectivity index (χ1n) is 7.40. The largest absolute Gasteiger partial charge is 0.462 e. The third kappa shape index (κ3) is 1.78. The number of fused-ring (bicyclic) bond motifs is 2. The van der Waals surface area contributed by atoms with Gasteiger partial charge in [-0.2, -0.15) is 0 Å². The molecule has 0 radical (unpaired) electrons. The van der Waals surface area contributed by atoms with Crippen molar-refractivity contribution in [1.29, 1.82) is 0 Å². The van der Waals surface area contributed by atoms with E-state index in [1.54, 1.807) is 4.90 Å². The second-order valence-corrected chi connectivity index (χ2v) is 5.78. The van der Waals surface area contributed by atoms with Gasteiger partial charge in [-0.25, -0.2) is 9.59 Å². The predicted molar refractivity (Wildman–Crippen MR) is 81.3 cm³/mol. The number of nitrogens with one attached hydrogen (secondary N) is 1. The lowest BCUT2D eigenvalue weighted by Crippen LogP contribution is -2.38. The number of nitrogens with zero attached hydrogens (tertiary/aromatic N) is 1. The molecular weight excluding hydrogens is 280 g/mol. The Morgan fingerprint density at radius 1 is 1.18 bits per heavy atom. The van der Waals surface area contributed by atoms with Crippen LogP contribution in [0.1, 0.15) is 18.5 Å². The zero-order valence-corrected chi connectivity index (χ0v) is 12.2. The van der Waals surface area contributed by atoms with Crippen molar-refractivity contribution in [3.8, 4) is 0 Å². The highest BCUT2D eigenvalue weighted by atomic mass is 16.5. The van der Waals surface area contributed by atoms with Crippen molar-refractivity contribution >= 4 is 22.8 Å². The minimum Gasteiger partial charge on any atom is -0.462 e. The second kappa shape index (κ2) is 4.73. The number of hydrogen-bond acceptors (Lipinski definition) is 3. The molecule has 1 N–H and O–H groups in total. The molecule has 0 spiro atoms. The summed E-state index contributed by atoms with van der Waals surface area (Å²) in [4.78, 5) is 25.7. The summed E-state index contributed by atoms with van der Waals surface area (Å²) < 4.78 is 5.08. The molecular formula is C17H16N2O3. The number of esters is 1. The van der Waals surface area contributed by atoms with Gasteiger partial charge in [-0.3, -0.25) is 0 Å². The van der Waals surface area contributed by atoms with Crippen LogP contribution in [0.4, 0.5) is 4.79 Å². The van der Waals surface area contributed by atoms with Crippen molar-refractivity contribution in [2.45, 2.75) is 25.0 Å². The maximum absolute atomic E-state index is 12.3. The van der Waals surface area contributed by atoms with Crippen molar-refractivity contribution in [3.63, 3.8) is 0 Å². The zero-order chi connectivity index (χ0) is 15.3. The van der Waals surface area contributed by atoms with E-state index >= 15 is 0 Å². The average molecular weight is 296 g/mol. The normalized spacial score (nSPS) is 25.0. The fourth-order valence-electron chi connectivity index (χ4n) is 3.49. The molecule has 22 heavy (non-hydrogen) atoms. The van der Waals surface area contributed by atoms with Crippen molar-refractivity contribution in [1.82, 2.24) is 10.2 Å². The molecule has 2 amide bonds. The summed E-state index contributed by atoms with van der Waals surface area (Å²) in [5, 5.41) is 4.99. The summed E-state index contributed by atoms with van der Waals surface area (Å²) in [6.07, 6.45) is 0. The molecule has 4 rings (SSSR count). The monoisotopic (exact) mass is 296 g/mol. The highest BCUT2D eigenvalue weighted by molar-refractivity contribution is 5.91. The number of benzene rings is 2. The lowest BCUT2D eigenvalue weighted by molar-refractivity contribution is -0.139. The molecule has 3 atom stereocenters. The van der Waals surface area contributed by atoms with Crippen molar-refractivity contribution in [2.24, 2.45) is 0 Å².